The van der Waals surface area contributed by atoms with Crippen LogP contribution in [0.4, 0.5) is 13.2 Å². The van der Waals surface area contributed by atoms with Crippen LogP contribution in [-0.4, -0.2) is 29.9 Å². The molecule has 0 spiro atoms. The first-order valence-corrected chi connectivity index (χ1v) is 8.63. The summed E-state index contributed by atoms with van der Waals surface area (Å²) in [5, 5.41) is 0. The van der Waals surface area contributed by atoms with Gasteiger partial charge in [-0.1, -0.05) is 20.8 Å². The Balaban J connectivity index is 1.96. The normalized spacial score (nSPS) is 15.9. The van der Waals surface area contributed by atoms with Crippen LogP contribution in [0.25, 0.3) is 0 Å². The number of halogens is 3. The van der Waals surface area contributed by atoms with Gasteiger partial charge in [0.1, 0.15) is 6.42 Å². The van der Waals surface area contributed by atoms with Crippen molar-refractivity contribution in [3.05, 3.63) is 29.1 Å². The van der Waals surface area contributed by atoms with Crippen LogP contribution in [0.5, 0.6) is 5.75 Å². The Labute approximate surface area is 151 Å². The molecular weight excluding hydrogens is 347 g/mol. The van der Waals surface area contributed by atoms with Gasteiger partial charge in [0, 0.05) is 13.1 Å². The molecule has 4 nitrogen and oxygen atoms in total. The van der Waals surface area contributed by atoms with E-state index in [2.05, 4.69) is 25.5 Å². The van der Waals surface area contributed by atoms with Gasteiger partial charge in [0.15, 0.2) is 11.6 Å². The molecule has 26 heavy (non-hydrogen) atoms. The van der Waals surface area contributed by atoms with Gasteiger partial charge in [-0.3, -0.25) is 9.59 Å². The number of rotatable bonds is 3. The molecule has 0 unspecified atom stereocenters. The number of piperidine rings is 1. The molecule has 0 saturated carbocycles. The Bertz CT molecular complexity index is 679. The van der Waals surface area contributed by atoms with Crippen molar-refractivity contribution < 1.29 is 27.5 Å². The van der Waals surface area contributed by atoms with Crippen molar-refractivity contribution in [2.24, 2.45) is 11.3 Å². The minimum absolute atomic E-state index is 0.151. The number of likely N-dealkylation sites (tertiary alicyclic amines) is 1. The summed E-state index contributed by atoms with van der Waals surface area (Å²) in [7, 11) is 0. The number of benzene rings is 1. The third-order valence-electron chi connectivity index (χ3n) is 4.88. The minimum atomic E-state index is -1.58. The summed E-state index contributed by atoms with van der Waals surface area (Å²) >= 11 is 0. The predicted molar refractivity (Wildman–Crippen MR) is 90.1 cm³/mol. The number of esters is 1. The van der Waals surface area contributed by atoms with E-state index >= 15 is 0 Å². The van der Waals surface area contributed by atoms with Crippen molar-refractivity contribution in [2.45, 2.75) is 47.0 Å². The molecule has 0 radical (unpaired) electrons. The molecule has 7 heteroatoms. The van der Waals surface area contributed by atoms with Gasteiger partial charge in [-0.25, -0.2) is 8.78 Å². The second-order valence-electron chi connectivity index (χ2n) is 7.80. The maximum Gasteiger partial charge on any atom is 0.320 e. The fourth-order valence-corrected chi connectivity index (χ4v) is 3.17. The summed E-state index contributed by atoms with van der Waals surface area (Å²) in [4.78, 5) is 25.7. The fraction of sp³-hybridized carbons (Fsp3) is 0.579. The zero-order valence-electron chi connectivity index (χ0n) is 15.5. The first kappa shape index (κ1) is 20.3. The van der Waals surface area contributed by atoms with Gasteiger partial charge < -0.3 is 9.64 Å². The molecular formula is C19H24F3NO3. The molecule has 0 atom stereocenters. The maximum atomic E-state index is 13.9. The molecule has 1 saturated heterocycles. The third-order valence-corrected chi connectivity index (χ3v) is 4.88. The Hall–Kier alpha value is -2.05. The molecule has 1 aromatic rings. The standard InChI is InChI=1S/C19H24F3NO3/c1-11-9-13(20)17(22)18(16(11)21)26-15(25)10-14(24)23-7-5-12(6-8-23)19(2,3)4/h9,12H,5-8,10H2,1-4H3. The van der Waals surface area contributed by atoms with E-state index in [-0.39, 0.29) is 11.0 Å². The van der Waals surface area contributed by atoms with E-state index < -0.39 is 41.5 Å². The first-order chi connectivity index (χ1) is 12.0. The number of aryl methyl sites for hydroxylation is 1. The molecule has 1 amide bonds. The van der Waals surface area contributed by atoms with Crippen LogP contribution in [0.3, 0.4) is 0 Å². The SMILES string of the molecule is Cc1cc(F)c(F)c(OC(=O)CC(=O)N2CCC(C(C)(C)C)CC2)c1F. The molecule has 1 heterocycles. The van der Waals surface area contributed by atoms with Crippen LogP contribution >= 0.6 is 0 Å². The van der Waals surface area contributed by atoms with E-state index in [0.29, 0.717) is 25.1 Å². The van der Waals surface area contributed by atoms with E-state index in [1.807, 2.05) is 0 Å². The molecule has 144 valence electrons. The highest BCUT2D eigenvalue weighted by Gasteiger charge is 2.31. The molecule has 0 aliphatic carbocycles. The van der Waals surface area contributed by atoms with Gasteiger partial charge >= 0.3 is 5.97 Å². The number of carbonyl (C=O) groups is 2. The van der Waals surface area contributed by atoms with Crippen molar-refractivity contribution in [3.8, 4) is 5.75 Å². The summed E-state index contributed by atoms with van der Waals surface area (Å²) in [6, 6.07) is 0.673. The van der Waals surface area contributed by atoms with Crippen molar-refractivity contribution >= 4 is 11.9 Å². The molecule has 1 aliphatic rings. The molecule has 1 aromatic carbocycles. The molecule has 2 rings (SSSR count). The largest absolute Gasteiger partial charge is 0.420 e. The van der Waals surface area contributed by atoms with Crippen molar-refractivity contribution in [1.29, 1.82) is 0 Å². The Morgan fingerprint density at radius 1 is 1.15 bits per heavy atom. The highest BCUT2D eigenvalue weighted by Crippen LogP contribution is 2.34. The van der Waals surface area contributed by atoms with Crippen molar-refractivity contribution in [2.75, 3.05) is 13.1 Å². The molecule has 0 bridgehead atoms. The van der Waals surface area contributed by atoms with E-state index in [4.69, 9.17) is 0 Å². The molecule has 1 fully saturated rings. The number of amides is 1. The van der Waals surface area contributed by atoms with Crippen LogP contribution < -0.4 is 4.74 Å². The summed E-state index contributed by atoms with van der Waals surface area (Å²) < 4.78 is 45.5. The van der Waals surface area contributed by atoms with Gasteiger partial charge in [-0.05, 0) is 42.7 Å². The van der Waals surface area contributed by atoms with Gasteiger partial charge in [-0.15, -0.1) is 0 Å². The summed E-state index contributed by atoms with van der Waals surface area (Å²) in [5.41, 5.74) is -0.0412. The lowest BCUT2D eigenvalue weighted by atomic mass is 9.75. The highest BCUT2D eigenvalue weighted by molar-refractivity contribution is 5.95. The summed E-state index contributed by atoms with van der Waals surface area (Å²) in [5.74, 6) is -6.26. The predicted octanol–water partition coefficient (Wildman–Crippen LogP) is 3.99. The maximum absolute atomic E-state index is 13.9. The van der Waals surface area contributed by atoms with E-state index in [1.54, 1.807) is 4.90 Å². The third kappa shape index (κ3) is 4.56. The Morgan fingerprint density at radius 2 is 1.73 bits per heavy atom. The van der Waals surface area contributed by atoms with Crippen molar-refractivity contribution in [1.82, 2.24) is 4.90 Å². The lowest BCUT2D eigenvalue weighted by Crippen LogP contribution is -2.42. The van der Waals surface area contributed by atoms with Crippen LogP contribution in [0.2, 0.25) is 0 Å². The number of carbonyl (C=O) groups excluding carboxylic acids is 2. The van der Waals surface area contributed by atoms with E-state index in [0.717, 1.165) is 12.8 Å². The van der Waals surface area contributed by atoms with Crippen LogP contribution in [-0.2, 0) is 9.59 Å². The second-order valence-corrected chi connectivity index (χ2v) is 7.80. The smallest absolute Gasteiger partial charge is 0.320 e. The fourth-order valence-electron chi connectivity index (χ4n) is 3.17. The average Bonchev–Trinajstić information content (AvgIpc) is 2.56. The van der Waals surface area contributed by atoms with Crippen LogP contribution in [0.1, 0.15) is 45.6 Å². The first-order valence-electron chi connectivity index (χ1n) is 8.63. The zero-order chi connectivity index (χ0) is 19.6. The molecule has 1 aliphatic heterocycles. The van der Waals surface area contributed by atoms with Crippen molar-refractivity contribution in [3.63, 3.8) is 0 Å². The lowest BCUT2D eigenvalue weighted by molar-refractivity contribution is -0.143. The number of hydrogen-bond acceptors (Lipinski definition) is 3. The van der Waals surface area contributed by atoms with Gasteiger partial charge in [0.2, 0.25) is 17.5 Å². The zero-order valence-corrected chi connectivity index (χ0v) is 15.5. The topological polar surface area (TPSA) is 46.6 Å². The number of ether oxygens (including phenoxy) is 1. The number of hydrogen-bond donors (Lipinski definition) is 0. The van der Waals surface area contributed by atoms with Crippen LogP contribution in [0, 0.1) is 35.7 Å². The van der Waals surface area contributed by atoms with Gasteiger partial charge in [0.25, 0.3) is 0 Å². The minimum Gasteiger partial charge on any atom is -0.420 e. The second kappa shape index (κ2) is 7.68. The lowest BCUT2D eigenvalue weighted by Gasteiger charge is -2.38. The molecule has 0 aromatic heterocycles. The van der Waals surface area contributed by atoms with Crippen LogP contribution in [0.15, 0.2) is 6.07 Å². The monoisotopic (exact) mass is 371 g/mol. The number of nitrogens with zero attached hydrogens (tertiary/aromatic N) is 1. The summed E-state index contributed by atoms with van der Waals surface area (Å²) in [6.07, 6.45) is 1.02. The molecule has 0 N–H and O–H groups in total. The van der Waals surface area contributed by atoms with E-state index in [9.17, 15) is 22.8 Å². The van der Waals surface area contributed by atoms with Gasteiger partial charge in [-0.2, -0.15) is 4.39 Å². The Kier molecular flexibility index (Phi) is 5.98. The van der Waals surface area contributed by atoms with E-state index in [1.165, 1.54) is 6.92 Å². The van der Waals surface area contributed by atoms with Gasteiger partial charge in [0.05, 0.1) is 0 Å². The Morgan fingerprint density at radius 3 is 2.27 bits per heavy atom. The summed E-state index contributed by atoms with van der Waals surface area (Å²) in [6.45, 7) is 8.72. The quantitative estimate of drug-likeness (QED) is 0.349. The highest BCUT2D eigenvalue weighted by atomic mass is 19.2. The average molecular weight is 371 g/mol.